The van der Waals surface area contributed by atoms with Crippen molar-refractivity contribution in [1.29, 1.82) is 0 Å². The standard InChI is InChI=1S/C11H20O3S/c12-7-10(3-2-6-15-9-10)11(13)4-1-5-14-8-11/h12-13H,1-9H2. The highest BCUT2D eigenvalue weighted by Crippen LogP contribution is 2.46. The maximum Gasteiger partial charge on any atom is 0.0966 e. The summed E-state index contributed by atoms with van der Waals surface area (Å²) in [5.74, 6) is 2.02. The molecule has 3 nitrogen and oxygen atoms in total. The Morgan fingerprint density at radius 2 is 2.13 bits per heavy atom. The molecule has 0 aromatic rings. The van der Waals surface area contributed by atoms with Crippen molar-refractivity contribution in [3.63, 3.8) is 0 Å². The number of rotatable bonds is 2. The molecule has 2 unspecified atom stereocenters. The predicted octanol–water partition coefficient (Wildman–Crippen LogP) is 1.03. The largest absolute Gasteiger partial charge is 0.396 e. The molecular weight excluding hydrogens is 212 g/mol. The molecule has 2 atom stereocenters. The second-order valence-electron chi connectivity index (χ2n) is 4.78. The van der Waals surface area contributed by atoms with E-state index in [0.717, 1.165) is 43.8 Å². The fraction of sp³-hybridized carbons (Fsp3) is 1.00. The molecule has 15 heavy (non-hydrogen) atoms. The van der Waals surface area contributed by atoms with Crippen LogP contribution in [0.4, 0.5) is 0 Å². The van der Waals surface area contributed by atoms with Gasteiger partial charge in [0.15, 0.2) is 0 Å². The summed E-state index contributed by atoms with van der Waals surface area (Å²) in [5.41, 5.74) is -1.12. The van der Waals surface area contributed by atoms with Crippen LogP contribution in [-0.2, 0) is 4.74 Å². The second-order valence-corrected chi connectivity index (χ2v) is 5.89. The lowest BCUT2D eigenvalue weighted by Gasteiger charge is -2.49. The molecule has 0 aliphatic carbocycles. The smallest absolute Gasteiger partial charge is 0.0966 e. The van der Waals surface area contributed by atoms with Gasteiger partial charge in [0.25, 0.3) is 0 Å². The molecule has 2 rings (SSSR count). The van der Waals surface area contributed by atoms with Crippen LogP contribution in [0.25, 0.3) is 0 Å². The van der Waals surface area contributed by atoms with Gasteiger partial charge in [-0.2, -0.15) is 11.8 Å². The zero-order valence-electron chi connectivity index (χ0n) is 9.07. The summed E-state index contributed by atoms with van der Waals surface area (Å²) in [5, 5.41) is 20.3. The second kappa shape index (κ2) is 4.62. The molecule has 88 valence electrons. The number of thioether (sulfide) groups is 1. The third-order valence-electron chi connectivity index (χ3n) is 3.83. The molecule has 2 aliphatic rings. The van der Waals surface area contributed by atoms with Crippen LogP contribution in [0.5, 0.6) is 0 Å². The molecule has 4 heteroatoms. The fourth-order valence-corrected chi connectivity index (χ4v) is 4.08. The molecule has 0 saturated carbocycles. The van der Waals surface area contributed by atoms with Crippen molar-refractivity contribution in [2.45, 2.75) is 31.3 Å². The van der Waals surface area contributed by atoms with Crippen molar-refractivity contribution >= 4 is 11.8 Å². The minimum absolute atomic E-state index is 0.0832. The molecule has 0 spiro atoms. The summed E-state index contributed by atoms with van der Waals surface area (Å²) in [7, 11) is 0. The van der Waals surface area contributed by atoms with Crippen LogP contribution in [0.2, 0.25) is 0 Å². The van der Waals surface area contributed by atoms with Gasteiger partial charge < -0.3 is 14.9 Å². The monoisotopic (exact) mass is 232 g/mol. The number of hydrogen-bond acceptors (Lipinski definition) is 4. The molecule has 0 aromatic heterocycles. The van der Waals surface area contributed by atoms with Gasteiger partial charge in [-0.1, -0.05) is 0 Å². The van der Waals surface area contributed by atoms with Crippen LogP contribution < -0.4 is 0 Å². The van der Waals surface area contributed by atoms with E-state index in [4.69, 9.17) is 4.74 Å². The van der Waals surface area contributed by atoms with E-state index in [1.54, 1.807) is 0 Å². The molecule has 2 aliphatic heterocycles. The minimum atomic E-state index is -0.798. The number of aliphatic hydroxyl groups is 2. The van der Waals surface area contributed by atoms with Gasteiger partial charge in [-0.3, -0.25) is 0 Å². The third-order valence-corrected chi connectivity index (χ3v) is 5.17. The number of ether oxygens (including phenoxy) is 1. The van der Waals surface area contributed by atoms with Gasteiger partial charge in [0.1, 0.15) is 0 Å². The van der Waals surface area contributed by atoms with E-state index < -0.39 is 5.60 Å². The van der Waals surface area contributed by atoms with Crippen molar-refractivity contribution < 1.29 is 14.9 Å². The average molecular weight is 232 g/mol. The molecule has 0 radical (unpaired) electrons. The van der Waals surface area contributed by atoms with Crippen LogP contribution in [0.15, 0.2) is 0 Å². The van der Waals surface area contributed by atoms with Gasteiger partial charge in [-0.05, 0) is 31.4 Å². The molecular formula is C11H20O3S. The third kappa shape index (κ3) is 2.05. The minimum Gasteiger partial charge on any atom is -0.396 e. The zero-order valence-corrected chi connectivity index (χ0v) is 9.89. The van der Waals surface area contributed by atoms with E-state index >= 15 is 0 Å². The molecule has 2 fully saturated rings. The quantitative estimate of drug-likeness (QED) is 0.747. The van der Waals surface area contributed by atoms with Crippen LogP contribution >= 0.6 is 11.8 Å². The summed E-state index contributed by atoms with van der Waals surface area (Å²) in [6.45, 7) is 1.23. The van der Waals surface area contributed by atoms with Crippen molar-refractivity contribution in [2.24, 2.45) is 5.41 Å². The summed E-state index contributed by atoms with van der Waals surface area (Å²) >= 11 is 1.84. The summed E-state index contributed by atoms with van der Waals surface area (Å²) < 4.78 is 5.39. The molecule has 0 aromatic carbocycles. The first kappa shape index (κ1) is 11.7. The lowest BCUT2D eigenvalue weighted by Crippen LogP contribution is -2.58. The van der Waals surface area contributed by atoms with Crippen molar-refractivity contribution in [2.75, 3.05) is 31.3 Å². The van der Waals surface area contributed by atoms with E-state index in [9.17, 15) is 10.2 Å². The van der Waals surface area contributed by atoms with Crippen molar-refractivity contribution in [3.8, 4) is 0 Å². The van der Waals surface area contributed by atoms with Gasteiger partial charge in [0.2, 0.25) is 0 Å². The lowest BCUT2D eigenvalue weighted by atomic mass is 9.68. The zero-order chi connectivity index (χ0) is 10.8. The maximum atomic E-state index is 10.6. The molecule has 2 N–H and O–H groups in total. The molecule has 2 heterocycles. The topological polar surface area (TPSA) is 49.7 Å². The van der Waals surface area contributed by atoms with E-state index in [-0.39, 0.29) is 12.0 Å². The van der Waals surface area contributed by atoms with Crippen LogP contribution in [0.3, 0.4) is 0 Å². The summed E-state index contributed by atoms with van der Waals surface area (Å²) in [6.07, 6.45) is 3.70. The Labute approximate surface area is 95.2 Å². The highest BCUT2D eigenvalue weighted by molar-refractivity contribution is 7.99. The van der Waals surface area contributed by atoms with Crippen molar-refractivity contribution in [1.82, 2.24) is 0 Å². The Bertz CT molecular complexity index is 208. The average Bonchev–Trinajstić information content (AvgIpc) is 2.31. The first-order valence-corrected chi connectivity index (χ1v) is 6.87. The summed E-state index contributed by atoms with van der Waals surface area (Å²) in [4.78, 5) is 0. The van der Waals surface area contributed by atoms with Crippen LogP contribution in [0, 0.1) is 5.41 Å². The van der Waals surface area contributed by atoms with Gasteiger partial charge in [0.05, 0.1) is 18.8 Å². The van der Waals surface area contributed by atoms with Gasteiger partial charge in [-0.25, -0.2) is 0 Å². The highest BCUT2D eigenvalue weighted by atomic mass is 32.2. The normalized spacial score (nSPS) is 42.8. The van der Waals surface area contributed by atoms with E-state index in [2.05, 4.69) is 0 Å². The number of aliphatic hydroxyl groups excluding tert-OH is 1. The predicted molar refractivity (Wildman–Crippen MR) is 61.1 cm³/mol. The molecule has 0 bridgehead atoms. The Hall–Kier alpha value is 0.230. The molecule has 0 amide bonds. The van der Waals surface area contributed by atoms with Gasteiger partial charge >= 0.3 is 0 Å². The van der Waals surface area contributed by atoms with E-state index in [1.165, 1.54) is 0 Å². The Balaban J connectivity index is 2.15. The highest BCUT2D eigenvalue weighted by Gasteiger charge is 2.51. The van der Waals surface area contributed by atoms with Gasteiger partial charge in [-0.15, -0.1) is 0 Å². The maximum absolute atomic E-state index is 10.6. The van der Waals surface area contributed by atoms with Crippen molar-refractivity contribution in [3.05, 3.63) is 0 Å². The Morgan fingerprint density at radius 1 is 1.27 bits per heavy atom. The van der Waals surface area contributed by atoms with E-state index in [0.29, 0.717) is 6.61 Å². The van der Waals surface area contributed by atoms with E-state index in [1.807, 2.05) is 11.8 Å². The summed E-state index contributed by atoms with van der Waals surface area (Å²) in [6, 6.07) is 0. The fourth-order valence-electron chi connectivity index (χ4n) is 2.69. The molecule has 2 saturated heterocycles. The lowest BCUT2D eigenvalue weighted by molar-refractivity contribution is -0.170. The Morgan fingerprint density at radius 3 is 2.67 bits per heavy atom. The first-order chi connectivity index (χ1) is 7.22. The first-order valence-electron chi connectivity index (χ1n) is 5.71. The number of hydrogen-bond donors (Lipinski definition) is 2. The van der Waals surface area contributed by atoms with Crippen LogP contribution in [0.1, 0.15) is 25.7 Å². The SMILES string of the molecule is OCC1(C2(O)CCCOC2)CCCSC1. The van der Waals surface area contributed by atoms with Crippen LogP contribution in [-0.4, -0.2) is 47.1 Å². The Kier molecular flexibility index (Phi) is 3.60. The van der Waals surface area contributed by atoms with Gasteiger partial charge in [0, 0.05) is 17.8 Å².